The highest BCUT2D eigenvalue weighted by molar-refractivity contribution is 5.80. The van der Waals surface area contributed by atoms with Crippen molar-refractivity contribution in [3.05, 3.63) is 58.2 Å². The van der Waals surface area contributed by atoms with Gasteiger partial charge in [0.25, 0.3) is 0 Å². The Morgan fingerprint density at radius 2 is 0.833 bits per heavy atom. The molecule has 0 fully saturated rings. The molecule has 0 unspecified atom stereocenters. The SMILES string of the molecule is Fc1cc2c3c(c1)CCc1cc(F)cc(c1-3)CC2. The van der Waals surface area contributed by atoms with Crippen LogP contribution >= 0.6 is 0 Å². The quantitative estimate of drug-likeness (QED) is 0.658. The van der Waals surface area contributed by atoms with E-state index in [2.05, 4.69) is 0 Å². The maximum absolute atomic E-state index is 13.5. The van der Waals surface area contributed by atoms with Gasteiger partial charge in [-0.3, -0.25) is 0 Å². The molecular formula is C16H12F2. The van der Waals surface area contributed by atoms with E-state index >= 15 is 0 Å². The van der Waals surface area contributed by atoms with Gasteiger partial charge in [0, 0.05) is 0 Å². The van der Waals surface area contributed by atoms with E-state index in [0.717, 1.165) is 47.9 Å². The van der Waals surface area contributed by atoms with Crippen LogP contribution in [0.2, 0.25) is 0 Å². The van der Waals surface area contributed by atoms with Gasteiger partial charge in [-0.1, -0.05) is 0 Å². The second kappa shape index (κ2) is 3.41. The van der Waals surface area contributed by atoms with E-state index in [-0.39, 0.29) is 11.6 Å². The van der Waals surface area contributed by atoms with Crippen LogP contribution in [0.4, 0.5) is 8.78 Å². The highest BCUT2D eigenvalue weighted by atomic mass is 19.1. The second-order valence-electron chi connectivity index (χ2n) is 5.20. The van der Waals surface area contributed by atoms with Crippen LogP contribution in [0.5, 0.6) is 0 Å². The Bertz CT molecular complexity index is 561. The van der Waals surface area contributed by atoms with Crippen LogP contribution in [0.1, 0.15) is 22.3 Å². The molecule has 4 rings (SSSR count). The number of halogens is 2. The minimum atomic E-state index is -0.141. The van der Waals surface area contributed by atoms with Gasteiger partial charge in [-0.2, -0.15) is 0 Å². The summed E-state index contributed by atoms with van der Waals surface area (Å²) in [5.74, 6) is -0.282. The summed E-state index contributed by atoms with van der Waals surface area (Å²) in [6, 6.07) is 6.56. The van der Waals surface area contributed by atoms with E-state index in [1.54, 1.807) is 24.3 Å². The molecule has 0 atom stereocenters. The molecule has 2 heteroatoms. The first-order valence-electron chi connectivity index (χ1n) is 6.35. The molecule has 0 heterocycles. The molecule has 0 aromatic heterocycles. The predicted molar refractivity (Wildman–Crippen MR) is 66.6 cm³/mol. The fourth-order valence-electron chi connectivity index (χ4n) is 3.42. The van der Waals surface area contributed by atoms with Crippen LogP contribution in [0.25, 0.3) is 11.1 Å². The number of hydrogen-bond acceptors (Lipinski definition) is 0. The van der Waals surface area contributed by atoms with Crippen molar-refractivity contribution in [1.29, 1.82) is 0 Å². The van der Waals surface area contributed by atoms with Crippen molar-refractivity contribution < 1.29 is 8.78 Å². The Morgan fingerprint density at radius 3 is 1.11 bits per heavy atom. The minimum Gasteiger partial charge on any atom is -0.207 e. The monoisotopic (exact) mass is 242 g/mol. The third kappa shape index (κ3) is 1.29. The van der Waals surface area contributed by atoms with Gasteiger partial charge in [-0.05, 0) is 83.3 Å². The Hall–Kier alpha value is -1.70. The maximum atomic E-state index is 13.5. The van der Waals surface area contributed by atoms with Crippen LogP contribution in [0.3, 0.4) is 0 Å². The Kier molecular flexibility index (Phi) is 1.94. The summed E-state index contributed by atoms with van der Waals surface area (Å²) in [6.07, 6.45) is 3.26. The lowest BCUT2D eigenvalue weighted by Gasteiger charge is -2.29. The molecule has 0 amide bonds. The summed E-state index contributed by atoms with van der Waals surface area (Å²) < 4.78 is 27.1. The molecule has 2 aliphatic carbocycles. The van der Waals surface area contributed by atoms with E-state index in [4.69, 9.17) is 0 Å². The van der Waals surface area contributed by atoms with Gasteiger partial charge in [0.05, 0.1) is 0 Å². The summed E-state index contributed by atoms with van der Waals surface area (Å²) in [5.41, 5.74) is 6.71. The van der Waals surface area contributed by atoms with Crippen molar-refractivity contribution in [2.24, 2.45) is 0 Å². The largest absolute Gasteiger partial charge is 0.207 e. The first-order valence-corrected chi connectivity index (χ1v) is 6.35. The van der Waals surface area contributed by atoms with Crippen LogP contribution in [-0.4, -0.2) is 0 Å². The standard InChI is InChI=1S/C16H12F2/c17-13-5-9-1-2-10-6-14(18)8-12-4-3-11(7-13)15(9)16(10)12/h5-8H,1-4H2. The smallest absolute Gasteiger partial charge is 0.123 e. The zero-order chi connectivity index (χ0) is 12.3. The molecule has 0 saturated heterocycles. The van der Waals surface area contributed by atoms with Crippen molar-refractivity contribution in [3.63, 3.8) is 0 Å². The van der Waals surface area contributed by atoms with Crippen LogP contribution < -0.4 is 0 Å². The van der Waals surface area contributed by atoms with E-state index in [0.29, 0.717) is 0 Å². The lowest BCUT2D eigenvalue weighted by Crippen LogP contribution is -2.15. The van der Waals surface area contributed by atoms with Crippen molar-refractivity contribution >= 4 is 0 Å². The number of benzene rings is 2. The fraction of sp³-hybridized carbons (Fsp3) is 0.250. The lowest BCUT2D eigenvalue weighted by molar-refractivity contribution is 0.615. The van der Waals surface area contributed by atoms with E-state index in [9.17, 15) is 8.78 Å². The van der Waals surface area contributed by atoms with Crippen molar-refractivity contribution in [2.45, 2.75) is 25.7 Å². The van der Waals surface area contributed by atoms with E-state index in [1.165, 1.54) is 11.1 Å². The summed E-state index contributed by atoms with van der Waals surface area (Å²) in [5, 5.41) is 0. The minimum absolute atomic E-state index is 0.141. The van der Waals surface area contributed by atoms with Gasteiger partial charge < -0.3 is 0 Å². The molecule has 0 spiro atoms. The first kappa shape index (κ1) is 10.2. The van der Waals surface area contributed by atoms with E-state index in [1.807, 2.05) is 0 Å². The fourth-order valence-corrected chi connectivity index (χ4v) is 3.42. The molecule has 2 aromatic rings. The molecule has 2 aromatic carbocycles. The predicted octanol–water partition coefficient (Wildman–Crippen LogP) is 3.83. The number of aryl methyl sites for hydroxylation is 4. The topological polar surface area (TPSA) is 0 Å². The summed E-state index contributed by atoms with van der Waals surface area (Å²) in [4.78, 5) is 0. The summed E-state index contributed by atoms with van der Waals surface area (Å²) in [6.45, 7) is 0. The Morgan fingerprint density at radius 1 is 0.556 bits per heavy atom. The zero-order valence-corrected chi connectivity index (χ0v) is 9.89. The first-order chi connectivity index (χ1) is 8.72. The van der Waals surface area contributed by atoms with Gasteiger partial charge in [0.1, 0.15) is 11.6 Å². The van der Waals surface area contributed by atoms with Gasteiger partial charge in [0.15, 0.2) is 0 Å². The van der Waals surface area contributed by atoms with Crippen molar-refractivity contribution in [3.8, 4) is 11.1 Å². The molecule has 90 valence electrons. The molecule has 0 N–H and O–H groups in total. The average molecular weight is 242 g/mol. The molecule has 0 aliphatic heterocycles. The highest BCUT2D eigenvalue weighted by Crippen LogP contribution is 2.42. The molecular weight excluding hydrogens is 230 g/mol. The highest BCUT2D eigenvalue weighted by Gasteiger charge is 2.26. The average Bonchev–Trinajstić information content (AvgIpc) is 2.34. The third-order valence-electron chi connectivity index (χ3n) is 4.11. The van der Waals surface area contributed by atoms with E-state index < -0.39 is 0 Å². The van der Waals surface area contributed by atoms with Crippen LogP contribution in [-0.2, 0) is 25.7 Å². The summed E-state index contributed by atoms with van der Waals surface area (Å²) in [7, 11) is 0. The molecule has 0 saturated carbocycles. The van der Waals surface area contributed by atoms with Crippen LogP contribution in [0.15, 0.2) is 24.3 Å². The van der Waals surface area contributed by atoms with Crippen molar-refractivity contribution in [2.75, 3.05) is 0 Å². The lowest BCUT2D eigenvalue weighted by atomic mass is 9.75. The van der Waals surface area contributed by atoms with Gasteiger partial charge in [-0.15, -0.1) is 0 Å². The van der Waals surface area contributed by atoms with Gasteiger partial charge in [-0.25, -0.2) is 8.78 Å². The Balaban J connectivity index is 2.10. The third-order valence-corrected chi connectivity index (χ3v) is 4.11. The van der Waals surface area contributed by atoms with Gasteiger partial charge >= 0.3 is 0 Å². The number of rotatable bonds is 0. The van der Waals surface area contributed by atoms with Crippen LogP contribution in [0, 0.1) is 11.6 Å². The zero-order valence-electron chi connectivity index (χ0n) is 9.89. The molecule has 2 aliphatic rings. The van der Waals surface area contributed by atoms with Crippen molar-refractivity contribution in [1.82, 2.24) is 0 Å². The second-order valence-corrected chi connectivity index (χ2v) is 5.20. The molecule has 0 nitrogen and oxygen atoms in total. The normalized spacial score (nSPS) is 15.4. The molecule has 0 radical (unpaired) electrons. The Labute approximate surface area is 104 Å². The van der Waals surface area contributed by atoms with Gasteiger partial charge in [0.2, 0.25) is 0 Å². The number of hydrogen-bond donors (Lipinski definition) is 0. The molecule has 18 heavy (non-hydrogen) atoms. The molecule has 0 bridgehead atoms. The maximum Gasteiger partial charge on any atom is 0.123 e. The summed E-state index contributed by atoms with van der Waals surface area (Å²) >= 11 is 0.